The first-order valence-electron chi connectivity index (χ1n) is 8.72. The number of rotatable bonds is 8. The highest BCUT2D eigenvalue weighted by Crippen LogP contribution is 2.25. The minimum atomic E-state index is -0.935. The van der Waals surface area contributed by atoms with Gasteiger partial charge in [-0.1, -0.05) is 13.2 Å². The van der Waals surface area contributed by atoms with Crippen LogP contribution >= 0.6 is 0 Å². The fraction of sp³-hybridized carbons (Fsp3) is 0.500. The number of ether oxygens (including phenoxy) is 3. The lowest BCUT2D eigenvalue weighted by Crippen LogP contribution is -2.25. The van der Waals surface area contributed by atoms with Gasteiger partial charge in [-0.2, -0.15) is 0 Å². The predicted octanol–water partition coefficient (Wildman–Crippen LogP) is 4.25. The second kappa shape index (κ2) is 11.2. The van der Waals surface area contributed by atoms with Gasteiger partial charge in [-0.15, -0.1) is 0 Å². The lowest BCUT2D eigenvalue weighted by atomic mass is 10.3. The van der Waals surface area contributed by atoms with Crippen LogP contribution < -0.4 is 0 Å². The lowest BCUT2D eigenvalue weighted by Gasteiger charge is -2.21. The Bertz CT molecular complexity index is 561. The van der Waals surface area contributed by atoms with Crippen LogP contribution in [0.1, 0.15) is 52.4 Å². The number of aliphatic carboxylic acids is 1. The van der Waals surface area contributed by atoms with Crippen molar-refractivity contribution in [2.24, 2.45) is 0 Å². The third-order valence-electron chi connectivity index (χ3n) is 3.63. The smallest absolute Gasteiger partial charge is 0.333 e. The predicted molar refractivity (Wildman–Crippen MR) is 98.0 cm³/mol. The molecule has 2 rings (SSSR count). The SMILES string of the molecule is C=C(C)C(=O)O.C=C(C)C(=O)OCC(OC1=CCCC1)OC1=CCCC1. The number of carboxylic acids is 1. The molecule has 144 valence electrons. The third kappa shape index (κ3) is 8.55. The van der Waals surface area contributed by atoms with E-state index in [2.05, 4.69) is 25.3 Å². The summed E-state index contributed by atoms with van der Waals surface area (Å²) in [6, 6.07) is 0. The summed E-state index contributed by atoms with van der Waals surface area (Å²) >= 11 is 0. The summed E-state index contributed by atoms with van der Waals surface area (Å²) in [6.45, 7) is 9.87. The van der Waals surface area contributed by atoms with Gasteiger partial charge in [0.1, 0.15) is 0 Å². The molecule has 0 bridgehead atoms. The van der Waals surface area contributed by atoms with Gasteiger partial charge >= 0.3 is 11.9 Å². The van der Waals surface area contributed by atoms with Crippen molar-refractivity contribution in [3.05, 3.63) is 48.0 Å². The van der Waals surface area contributed by atoms with Crippen molar-refractivity contribution in [2.75, 3.05) is 6.61 Å². The topological polar surface area (TPSA) is 82.1 Å². The molecule has 0 heterocycles. The van der Waals surface area contributed by atoms with E-state index >= 15 is 0 Å². The number of carboxylic acid groups (broad SMARTS) is 1. The zero-order valence-corrected chi connectivity index (χ0v) is 15.6. The quantitative estimate of drug-likeness (QED) is 0.394. The molecule has 0 aromatic rings. The number of hydrogen-bond acceptors (Lipinski definition) is 5. The average Bonchev–Trinajstić information content (AvgIpc) is 3.26. The van der Waals surface area contributed by atoms with E-state index in [4.69, 9.17) is 19.3 Å². The van der Waals surface area contributed by atoms with E-state index < -0.39 is 18.2 Å². The van der Waals surface area contributed by atoms with Crippen LogP contribution in [0, 0.1) is 0 Å². The van der Waals surface area contributed by atoms with Crippen molar-refractivity contribution in [1.29, 1.82) is 0 Å². The maximum Gasteiger partial charge on any atom is 0.333 e. The molecule has 0 amide bonds. The Labute approximate surface area is 154 Å². The largest absolute Gasteiger partial charge is 0.478 e. The van der Waals surface area contributed by atoms with Crippen LogP contribution in [-0.4, -0.2) is 29.9 Å². The van der Waals surface area contributed by atoms with E-state index in [1.807, 2.05) is 0 Å². The Morgan fingerprint density at radius 3 is 1.81 bits per heavy atom. The normalized spacial score (nSPS) is 15.3. The van der Waals surface area contributed by atoms with Gasteiger partial charge in [0.25, 0.3) is 6.29 Å². The Hall–Kier alpha value is -2.50. The second-order valence-electron chi connectivity index (χ2n) is 6.25. The molecule has 0 saturated carbocycles. The maximum atomic E-state index is 11.5. The third-order valence-corrected chi connectivity index (χ3v) is 3.63. The fourth-order valence-corrected chi connectivity index (χ4v) is 2.19. The minimum absolute atomic E-state index is 0.0837. The summed E-state index contributed by atoms with van der Waals surface area (Å²) in [6.07, 6.45) is 9.71. The van der Waals surface area contributed by atoms with Gasteiger partial charge in [0.05, 0.1) is 11.5 Å². The van der Waals surface area contributed by atoms with Gasteiger partial charge in [-0.3, -0.25) is 0 Å². The number of allylic oxidation sites excluding steroid dienone is 4. The molecule has 0 saturated heterocycles. The van der Waals surface area contributed by atoms with E-state index in [1.165, 1.54) is 6.92 Å². The Balaban J connectivity index is 0.000000487. The molecule has 0 aromatic heterocycles. The lowest BCUT2D eigenvalue weighted by molar-refractivity contribution is -0.159. The molecule has 26 heavy (non-hydrogen) atoms. The van der Waals surface area contributed by atoms with Gasteiger partial charge in [-0.25, -0.2) is 9.59 Å². The molecule has 6 nitrogen and oxygen atoms in total. The number of esters is 1. The van der Waals surface area contributed by atoms with Crippen LogP contribution in [0.15, 0.2) is 48.0 Å². The molecule has 1 N–H and O–H groups in total. The van der Waals surface area contributed by atoms with Crippen LogP contribution in [-0.2, 0) is 23.8 Å². The van der Waals surface area contributed by atoms with Crippen molar-refractivity contribution in [3.63, 3.8) is 0 Å². The Morgan fingerprint density at radius 1 is 1.04 bits per heavy atom. The molecule has 0 aliphatic heterocycles. The zero-order chi connectivity index (χ0) is 19.5. The van der Waals surface area contributed by atoms with Crippen molar-refractivity contribution < 1.29 is 28.9 Å². The summed E-state index contributed by atoms with van der Waals surface area (Å²) in [5.41, 5.74) is 0.555. The van der Waals surface area contributed by atoms with Crippen LogP contribution in [0.3, 0.4) is 0 Å². The second-order valence-corrected chi connectivity index (χ2v) is 6.25. The minimum Gasteiger partial charge on any atom is -0.478 e. The van der Waals surface area contributed by atoms with E-state index in [0.29, 0.717) is 5.57 Å². The highest BCUT2D eigenvalue weighted by atomic mass is 16.7. The van der Waals surface area contributed by atoms with Crippen molar-refractivity contribution in [1.82, 2.24) is 0 Å². The van der Waals surface area contributed by atoms with Gasteiger partial charge in [0, 0.05) is 24.0 Å². The van der Waals surface area contributed by atoms with E-state index in [-0.39, 0.29) is 12.2 Å². The van der Waals surface area contributed by atoms with Crippen LogP contribution in [0.25, 0.3) is 0 Å². The summed E-state index contributed by atoms with van der Waals surface area (Å²) < 4.78 is 16.7. The fourth-order valence-electron chi connectivity index (χ4n) is 2.19. The van der Waals surface area contributed by atoms with Crippen LogP contribution in [0.4, 0.5) is 0 Å². The molecule has 2 aliphatic rings. The number of carbonyl (C=O) groups excluding carboxylic acids is 1. The molecule has 2 aliphatic carbocycles. The van der Waals surface area contributed by atoms with Crippen molar-refractivity contribution in [3.8, 4) is 0 Å². The number of carbonyl (C=O) groups is 2. The van der Waals surface area contributed by atoms with Crippen LogP contribution in [0.2, 0.25) is 0 Å². The summed E-state index contributed by atoms with van der Waals surface area (Å²) in [4.78, 5) is 21.1. The summed E-state index contributed by atoms with van der Waals surface area (Å²) in [7, 11) is 0. The van der Waals surface area contributed by atoms with Crippen molar-refractivity contribution >= 4 is 11.9 Å². The first-order valence-corrected chi connectivity index (χ1v) is 8.72. The average molecular weight is 364 g/mol. The summed E-state index contributed by atoms with van der Waals surface area (Å²) in [5.74, 6) is 0.512. The molecule has 0 unspecified atom stereocenters. The van der Waals surface area contributed by atoms with E-state index in [1.54, 1.807) is 6.92 Å². The van der Waals surface area contributed by atoms with Gasteiger partial charge < -0.3 is 19.3 Å². The maximum absolute atomic E-state index is 11.5. The standard InChI is InChI=1S/C16H22O4.C4H6O2/c1-12(2)16(17)18-11-15(19-13-7-3-4-8-13)20-14-9-5-6-10-14;1-3(2)4(5)6/h7,9,15H,1,3-6,8,10-11H2,2H3;1H2,2H3,(H,5,6). The Morgan fingerprint density at radius 2 is 1.50 bits per heavy atom. The number of hydrogen-bond donors (Lipinski definition) is 1. The molecule has 0 aromatic carbocycles. The first-order chi connectivity index (χ1) is 12.3. The Kier molecular flexibility index (Phi) is 9.26. The van der Waals surface area contributed by atoms with E-state index in [0.717, 1.165) is 50.0 Å². The summed E-state index contributed by atoms with van der Waals surface area (Å²) in [5, 5.41) is 7.89. The molecule has 6 heteroatoms. The van der Waals surface area contributed by atoms with Crippen LogP contribution in [0.5, 0.6) is 0 Å². The van der Waals surface area contributed by atoms with Crippen molar-refractivity contribution in [2.45, 2.75) is 58.7 Å². The van der Waals surface area contributed by atoms with Gasteiger partial charge in [0.2, 0.25) is 0 Å². The highest BCUT2D eigenvalue weighted by Gasteiger charge is 2.20. The molecule has 0 radical (unpaired) electrons. The molecule has 0 fully saturated rings. The monoisotopic (exact) mass is 364 g/mol. The highest BCUT2D eigenvalue weighted by molar-refractivity contribution is 5.86. The van der Waals surface area contributed by atoms with Gasteiger partial charge in [0.15, 0.2) is 6.61 Å². The van der Waals surface area contributed by atoms with E-state index in [9.17, 15) is 9.59 Å². The molecule has 0 atom stereocenters. The zero-order valence-electron chi connectivity index (χ0n) is 15.6. The molecule has 0 spiro atoms. The van der Waals surface area contributed by atoms with Gasteiger partial charge in [-0.05, 0) is 51.7 Å². The molecular weight excluding hydrogens is 336 g/mol. The first kappa shape index (κ1) is 21.5. The molecular formula is C20H28O6.